The van der Waals surface area contributed by atoms with E-state index in [-0.39, 0.29) is 15.4 Å². The van der Waals surface area contributed by atoms with Crippen LogP contribution in [0.1, 0.15) is 22.9 Å². The molecule has 104 valence electrons. The van der Waals surface area contributed by atoms with Gasteiger partial charge in [-0.05, 0) is 23.5 Å². The molecule has 0 bridgehead atoms. The number of nitro benzene ring substituents is 1. The van der Waals surface area contributed by atoms with Gasteiger partial charge in [-0.3, -0.25) is 10.1 Å². The minimum Gasteiger partial charge on any atom is -0.258 e. The minimum absolute atomic E-state index is 0.153. The largest absolute Gasteiger partial charge is 0.269 e. The summed E-state index contributed by atoms with van der Waals surface area (Å²) in [6.45, 7) is 2.14. The third-order valence-electron chi connectivity index (χ3n) is 3.30. The Morgan fingerprint density at radius 2 is 1.85 bits per heavy atom. The van der Waals surface area contributed by atoms with Crippen LogP contribution in [0, 0.1) is 16.0 Å². The number of nitrogens with zero attached hydrogens (tertiary/aromatic N) is 1. The van der Waals surface area contributed by atoms with Gasteiger partial charge in [-0.25, -0.2) is 0 Å². The fourth-order valence-electron chi connectivity index (χ4n) is 2.24. The van der Waals surface area contributed by atoms with Gasteiger partial charge in [0.05, 0.1) is 4.92 Å². The summed E-state index contributed by atoms with van der Waals surface area (Å²) in [5.74, 6) is 0.347. The van der Waals surface area contributed by atoms with E-state index in [0.717, 1.165) is 12.0 Å². The van der Waals surface area contributed by atoms with Crippen LogP contribution in [-0.4, -0.2) is 4.92 Å². The van der Waals surface area contributed by atoms with Crippen molar-refractivity contribution in [3.05, 3.63) is 75.8 Å². The molecule has 0 fully saturated rings. The van der Waals surface area contributed by atoms with Crippen LogP contribution in [0.15, 0.2) is 54.6 Å². The second-order valence-electron chi connectivity index (χ2n) is 4.92. The Hall–Kier alpha value is -1.68. The fraction of sp³-hybridized carbons (Fsp3) is 0.250. The normalized spacial score (nSPS) is 13.7. The topological polar surface area (TPSA) is 43.1 Å². The lowest BCUT2D eigenvalue weighted by Gasteiger charge is -2.18. The molecular weight excluding hydrogens is 318 g/mol. The van der Waals surface area contributed by atoms with Crippen molar-refractivity contribution >= 4 is 21.6 Å². The monoisotopic (exact) mass is 333 g/mol. The summed E-state index contributed by atoms with van der Waals surface area (Å²) in [4.78, 5) is 10.7. The fourth-order valence-corrected chi connectivity index (χ4v) is 2.73. The molecular formula is C16H16BrNO2. The van der Waals surface area contributed by atoms with Crippen LogP contribution in [0.4, 0.5) is 5.69 Å². The lowest BCUT2D eigenvalue weighted by atomic mass is 9.94. The van der Waals surface area contributed by atoms with E-state index >= 15 is 0 Å². The van der Waals surface area contributed by atoms with E-state index in [1.165, 1.54) is 11.6 Å². The highest BCUT2D eigenvalue weighted by Crippen LogP contribution is 2.33. The van der Waals surface area contributed by atoms with Crippen LogP contribution in [0.5, 0.6) is 0 Å². The lowest BCUT2D eigenvalue weighted by molar-refractivity contribution is -0.384. The van der Waals surface area contributed by atoms with Gasteiger partial charge in [-0.2, -0.15) is 0 Å². The highest BCUT2D eigenvalue weighted by molar-refractivity contribution is 9.09. The smallest absolute Gasteiger partial charge is 0.258 e. The van der Waals surface area contributed by atoms with E-state index in [0.29, 0.717) is 5.92 Å². The molecule has 0 amide bonds. The van der Waals surface area contributed by atoms with E-state index in [4.69, 9.17) is 0 Å². The predicted octanol–water partition coefficient (Wildman–Crippen LogP) is 4.91. The molecule has 4 heteroatoms. The number of hydrogen-bond acceptors (Lipinski definition) is 2. The van der Waals surface area contributed by atoms with Crippen LogP contribution in [0.2, 0.25) is 0 Å². The van der Waals surface area contributed by atoms with Crippen molar-refractivity contribution in [3.8, 4) is 0 Å². The highest BCUT2D eigenvalue weighted by atomic mass is 79.9. The molecule has 2 atom stereocenters. The molecule has 0 N–H and O–H groups in total. The Bertz CT molecular complexity index is 586. The Kier molecular flexibility index (Phi) is 4.90. The summed E-state index contributed by atoms with van der Waals surface area (Å²) in [5.41, 5.74) is 2.37. The van der Waals surface area contributed by atoms with E-state index in [1.807, 2.05) is 24.3 Å². The zero-order valence-corrected chi connectivity index (χ0v) is 12.8. The van der Waals surface area contributed by atoms with Crippen molar-refractivity contribution in [2.75, 3.05) is 0 Å². The van der Waals surface area contributed by atoms with Gasteiger partial charge in [0.2, 0.25) is 0 Å². The van der Waals surface area contributed by atoms with Gasteiger partial charge in [-0.1, -0.05) is 65.3 Å². The van der Waals surface area contributed by atoms with Gasteiger partial charge in [0, 0.05) is 17.0 Å². The molecule has 0 saturated carbocycles. The van der Waals surface area contributed by atoms with Gasteiger partial charge < -0.3 is 0 Å². The summed E-state index contributed by atoms with van der Waals surface area (Å²) < 4.78 is 0. The highest BCUT2D eigenvalue weighted by Gasteiger charge is 2.17. The van der Waals surface area contributed by atoms with E-state index in [2.05, 4.69) is 35.0 Å². The Balaban J connectivity index is 2.09. The van der Waals surface area contributed by atoms with Crippen LogP contribution in [0.3, 0.4) is 0 Å². The van der Waals surface area contributed by atoms with Crippen molar-refractivity contribution in [3.63, 3.8) is 0 Å². The summed E-state index contributed by atoms with van der Waals surface area (Å²) >= 11 is 3.72. The third-order valence-corrected chi connectivity index (χ3v) is 4.73. The Morgan fingerprint density at radius 1 is 1.15 bits per heavy atom. The van der Waals surface area contributed by atoms with Crippen molar-refractivity contribution in [1.82, 2.24) is 0 Å². The van der Waals surface area contributed by atoms with Gasteiger partial charge in [-0.15, -0.1) is 0 Å². The Labute approximate surface area is 126 Å². The zero-order valence-electron chi connectivity index (χ0n) is 11.2. The number of rotatable bonds is 5. The molecule has 0 aliphatic carbocycles. The van der Waals surface area contributed by atoms with E-state index < -0.39 is 0 Å². The molecule has 0 aliphatic rings. The van der Waals surface area contributed by atoms with Crippen molar-refractivity contribution < 1.29 is 4.92 Å². The molecule has 2 unspecified atom stereocenters. The van der Waals surface area contributed by atoms with E-state index in [9.17, 15) is 10.1 Å². The van der Waals surface area contributed by atoms with Crippen LogP contribution in [0.25, 0.3) is 0 Å². The van der Waals surface area contributed by atoms with Crippen LogP contribution >= 0.6 is 15.9 Å². The molecule has 0 aromatic heterocycles. The first-order valence-corrected chi connectivity index (χ1v) is 7.42. The number of nitro groups is 1. The number of non-ortho nitro benzene ring substituents is 1. The molecule has 2 aromatic rings. The quantitative estimate of drug-likeness (QED) is 0.443. The second kappa shape index (κ2) is 6.66. The van der Waals surface area contributed by atoms with Gasteiger partial charge in [0.15, 0.2) is 0 Å². The molecule has 2 aromatic carbocycles. The summed E-state index contributed by atoms with van der Waals surface area (Å²) in [6.07, 6.45) is 0.798. The average molecular weight is 334 g/mol. The minimum atomic E-state index is -0.350. The first-order valence-electron chi connectivity index (χ1n) is 6.50. The maximum absolute atomic E-state index is 10.8. The van der Waals surface area contributed by atoms with Gasteiger partial charge in [0.25, 0.3) is 5.69 Å². The van der Waals surface area contributed by atoms with Gasteiger partial charge >= 0.3 is 0 Å². The van der Waals surface area contributed by atoms with Crippen molar-refractivity contribution in [2.24, 2.45) is 5.92 Å². The summed E-state index contributed by atoms with van der Waals surface area (Å²) in [6, 6.07) is 17.1. The standard InChI is InChI=1S/C16H16BrNO2/c1-12(16(17)14-7-3-2-4-8-14)10-13-6-5-9-15(11-13)18(19)20/h2-9,11-12,16H,10H2,1H3. The maximum Gasteiger partial charge on any atom is 0.269 e. The first-order chi connectivity index (χ1) is 9.58. The van der Waals surface area contributed by atoms with Crippen LogP contribution < -0.4 is 0 Å². The van der Waals surface area contributed by atoms with Crippen LogP contribution in [-0.2, 0) is 6.42 Å². The number of benzene rings is 2. The number of halogens is 1. The van der Waals surface area contributed by atoms with E-state index in [1.54, 1.807) is 12.1 Å². The Morgan fingerprint density at radius 3 is 2.50 bits per heavy atom. The molecule has 20 heavy (non-hydrogen) atoms. The molecule has 3 nitrogen and oxygen atoms in total. The molecule has 0 heterocycles. The van der Waals surface area contributed by atoms with Crippen molar-refractivity contribution in [2.45, 2.75) is 18.2 Å². The van der Waals surface area contributed by atoms with Crippen molar-refractivity contribution in [1.29, 1.82) is 0 Å². The second-order valence-corrected chi connectivity index (χ2v) is 5.91. The predicted molar refractivity (Wildman–Crippen MR) is 84.1 cm³/mol. The maximum atomic E-state index is 10.8. The lowest BCUT2D eigenvalue weighted by Crippen LogP contribution is -2.07. The molecule has 0 saturated heterocycles. The zero-order chi connectivity index (χ0) is 14.5. The average Bonchev–Trinajstić information content (AvgIpc) is 2.47. The SMILES string of the molecule is CC(Cc1cccc([N+](=O)[O-])c1)C(Br)c1ccccc1. The van der Waals surface area contributed by atoms with Gasteiger partial charge in [0.1, 0.15) is 0 Å². The summed E-state index contributed by atoms with van der Waals surface area (Å²) in [7, 11) is 0. The first kappa shape index (κ1) is 14.7. The molecule has 2 rings (SSSR count). The molecule has 0 aliphatic heterocycles. The number of alkyl halides is 1. The third kappa shape index (κ3) is 3.67. The molecule has 0 radical (unpaired) electrons. The molecule has 0 spiro atoms. The number of hydrogen-bond donors (Lipinski definition) is 0. The summed E-state index contributed by atoms with van der Waals surface area (Å²) in [5, 5.41) is 10.8.